The van der Waals surface area contributed by atoms with Crippen molar-refractivity contribution >= 4 is 28.8 Å². The van der Waals surface area contributed by atoms with Crippen molar-refractivity contribution in [3.05, 3.63) is 27.8 Å². The highest BCUT2D eigenvalue weighted by molar-refractivity contribution is 6.39. The lowest BCUT2D eigenvalue weighted by Crippen LogP contribution is -1.94. The fraction of sp³-hybridized carbons (Fsp3) is 0.385. The maximum atomic E-state index is 6.27. The Morgan fingerprint density at radius 1 is 1.18 bits per heavy atom. The van der Waals surface area contributed by atoms with Gasteiger partial charge in [-0.05, 0) is 18.9 Å². The van der Waals surface area contributed by atoms with E-state index < -0.39 is 0 Å². The molecule has 0 amide bonds. The Balaban J connectivity index is 3.50. The van der Waals surface area contributed by atoms with Crippen molar-refractivity contribution in [2.24, 2.45) is 0 Å². The molecule has 2 nitrogen and oxygen atoms in total. The van der Waals surface area contributed by atoms with Gasteiger partial charge in [0.15, 0.2) is 0 Å². The second kappa shape index (κ2) is 6.18. The Morgan fingerprint density at radius 3 is 2.00 bits per heavy atom. The van der Waals surface area contributed by atoms with Crippen LogP contribution in [0, 0.1) is 0 Å². The lowest BCUT2D eigenvalue weighted by Gasteiger charge is -2.14. The van der Waals surface area contributed by atoms with Gasteiger partial charge in [-0.1, -0.05) is 36.2 Å². The predicted octanol–water partition coefficient (Wildman–Crippen LogP) is 4.82. The van der Waals surface area contributed by atoms with Crippen molar-refractivity contribution in [1.29, 1.82) is 0 Å². The Labute approximate surface area is 112 Å². The molecule has 94 valence electrons. The number of allylic oxidation sites excluding steroid dienone is 2. The molecule has 0 saturated carbocycles. The van der Waals surface area contributed by atoms with Gasteiger partial charge in [-0.2, -0.15) is 0 Å². The lowest BCUT2D eigenvalue weighted by molar-refractivity contribution is 0.394. The molecular formula is C13H16Cl2O2. The molecule has 0 aliphatic heterocycles. The van der Waals surface area contributed by atoms with Crippen LogP contribution in [0.2, 0.25) is 10.0 Å². The minimum atomic E-state index is 0.514. The third-order valence-corrected chi connectivity index (χ3v) is 3.23. The Kier molecular flexibility index (Phi) is 5.16. The number of ether oxygens (including phenoxy) is 2. The molecular weight excluding hydrogens is 259 g/mol. The van der Waals surface area contributed by atoms with E-state index in [4.69, 9.17) is 32.7 Å². The van der Waals surface area contributed by atoms with Crippen LogP contribution in [0.4, 0.5) is 0 Å². The molecule has 0 radical (unpaired) electrons. The van der Waals surface area contributed by atoms with Gasteiger partial charge in [-0.15, -0.1) is 0 Å². The monoisotopic (exact) mass is 274 g/mol. The summed E-state index contributed by atoms with van der Waals surface area (Å²) in [4.78, 5) is 0. The van der Waals surface area contributed by atoms with Crippen molar-refractivity contribution in [3.63, 3.8) is 0 Å². The highest BCUT2D eigenvalue weighted by atomic mass is 35.5. The van der Waals surface area contributed by atoms with E-state index in [1.54, 1.807) is 20.3 Å². The largest absolute Gasteiger partial charge is 0.495 e. The fourth-order valence-corrected chi connectivity index (χ4v) is 2.44. The number of rotatable bonds is 4. The summed E-state index contributed by atoms with van der Waals surface area (Å²) in [7, 11) is 3.13. The smallest absolute Gasteiger partial charge is 0.141 e. The molecule has 0 heterocycles. The standard InChI is InChI=1S/C13H16Cl2O2/c1-5-6-8(2)11-12(14)9(16-3)7-10(17-4)13(11)15/h6-7H,5H2,1-4H3. The molecule has 0 bridgehead atoms. The van der Waals surface area contributed by atoms with Crippen LogP contribution in [-0.4, -0.2) is 14.2 Å². The third-order valence-electron chi connectivity index (χ3n) is 2.48. The molecule has 1 rings (SSSR count). The molecule has 0 atom stereocenters. The highest BCUT2D eigenvalue weighted by Gasteiger charge is 2.17. The quantitative estimate of drug-likeness (QED) is 0.784. The van der Waals surface area contributed by atoms with Crippen molar-refractivity contribution in [2.45, 2.75) is 20.3 Å². The average Bonchev–Trinajstić information content (AvgIpc) is 2.30. The van der Waals surface area contributed by atoms with Crippen molar-refractivity contribution in [3.8, 4) is 11.5 Å². The van der Waals surface area contributed by atoms with Crippen LogP contribution in [0.5, 0.6) is 11.5 Å². The van der Waals surface area contributed by atoms with Crippen LogP contribution >= 0.6 is 23.2 Å². The number of methoxy groups -OCH3 is 2. The predicted molar refractivity (Wildman–Crippen MR) is 73.5 cm³/mol. The van der Waals surface area contributed by atoms with E-state index in [-0.39, 0.29) is 0 Å². The molecule has 0 aliphatic rings. The van der Waals surface area contributed by atoms with Gasteiger partial charge in [0.05, 0.1) is 24.3 Å². The van der Waals surface area contributed by atoms with Gasteiger partial charge in [-0.25, -0.2) is 0 Å². The summed E-state index contributed by atoms with van der Waals surface area (Å²) in [6, 6.07) is 1.69. The first-order valence-electron chi connectivity index (χ1n) is 5.33. The number of hydrogen-bond acceptors (Lipinski definition) is 2. The van der Waals surface area contributed by atoms with Gasteiger partial charge in [-0.3, -0.25) is 0 Å². The zero-order chi connectivity index (χ0) is 13.0. The van der Waals surface area contributed by atoms with E-state index >= 15 is 0 Å². The Morgan fingerprint density at radius 2 is 1.65 bits per heavy atom. The molecule has 0 N–H and O–H groups in total. The van der Waals surface area contributed by atoms with Crippen LogP contribution in [0.3, 0.4) is 0 Å². The minimum Gasteiger partial charge on any atom is -0.495 e. The average molecular weight is 275 g/mol. The normalized spacial score (nSPS) is 11.5. The minimum absolute atomic E-state index is 0.514. The van der Waals surface area contributed by atoms with Gasteiger partial charge in [0.2, 0.25) is 0 Å². The summed E-state index contributed by atoms with van der Waals surface area (Å²) in [5, 5.41) is 1.03. The summed E-state index contributed by atoms with van der Waals surface area (Å²) >= 11 is 12.5. The lowest BCUT2D eigenvalue weighted by atomic mass is 10.1. The fourth-order valence-electron chi connectivity index (χ4n) is 1.64. The molecule has 0 spiro atoms. The number of benzene rings is 1. The second-order valence-corrected chi connectivity index (χ2v) is 4.34. The van der Waals surface area contributed by atoms with E-state index in [9.17, 15) is 0 Å². The van der Waals surface area contributed by atoms with Crippen LogP contribution in [-0.2, 0) is 0 Å². The Hall–Kier alpha value is -0.860. The zero-order valence-electron chi connectivity index (χ0n) is 10.4. The summed E-state index contributed by atoms with van der Waals surface area (Å²) in [6.07, 6.45) is 2.98. The maximum Gasteiger partial charge on any atom is 0.141 e. The van der Waals surface area contributed by atoms with E-state index in [1.165, 1.54) is 0 Å². The summed E-state index contributed by atoms with van der Waals surface area (Å²) in [5.74, 6) is 1.12. The van der Waals surface area contributed by atoms with Crippen molar-refractivity contribution < 1.29 is 9.47 Å². The maximum absolute atomic E-state index is 6.27. The molecule has 0 fully saturated rings. The number of halogens is 2. The zero-order valence-corrected chi connectivity index (χ0v) is 11.9. The van der Waals surface area contributed by atoms with Crippen LogP contribution < -0.4 is 9.47 Å². The molecule has 1 aromatic rings. The highest BCUT2D eigenvalue weighted by Crippen LogP contribution is 2.43. The molecule has 0 unspecified atom stereocenters. The van der Waals surface area contributed by atoms with Gasteiger partial charge >= 0.3 is 0 Å². The number of hydrogen-bond donors (Lipinski definition) is 0. The summed E-state index contributed by atoms with van der Waals surface area (Å²) in [6.45, 7) is 4.03. The Bertz CT molecular complexity index is 411. The summed E-state index contributed by atoms with van der Waals surface area (Å²) < 4.78 is 10.4. The van der Waals surface area contributed by atoms with Gasteiger partial charge < -0.3 is 9.47 Å². The first kappa shape index (κ1) is 14.2. The van der Waals surface area contributed by atoms with Gasteiger partial charge in [0.1, 0.15) is 11.5 Å². The van der Waals surface area contributed by atoms with Crippen LogP contribution in [0.15, 0.2) is 12.1 Å². The SMILES string of the molecule is CCC=C(C)c1c(Cl)c(OC)cc(OC)c1Cl. The van der Waals surface area contributed by atoms with Crippen molar-refractivity contribution in [1.82, 2.24) is 0 Å². The van der Waals surface area contributed by atoms with E-state index in [1.807, 2.05) is 6.92 Å². The first-order chi connectivity index (χ1) is 8.06. The van der Waals surface area contributed by atoms with Crippen LogP contribution in [0.25, 0.3) is 5.57 Å². The second-order valence-electron chi connectivity index (χ2n) is 3.58. The molecule has 1 aromatic carbocycles. The van der Waals surface area contributed by atoms with Crippen LogP contribution in [0.1, 0.15) is 25.8 Å². The molecule has 0 aromatic heterocycles. The molecule has 0 aliphatic carbocycles. The molecule has 4 heteroatoms. The molecule has 0 saturated heterocycles. The van der Waals surface area contributed by atoms with Crippen molar-refractivity contribution in [2.75, 3.05) is 14.2 Å². The van der Waals surface area contributed by atoms with E-state index in [0.29, 0.717) is 21.5 Å². The van der Waals surface area contributed by atoms with Gasteiger partial charge in [0, 0.05) is 11.6 Å². The molecule has 17 heavy (non-hydrogen) atoms. The first-order valence-corrected chi connectivity index (χ1v) is 6.09. The third kappa shape index (κ3) is 2.88. The van der Waals surface area contributed by atoms with E-state index in [2.05, 4.69) is 13.0 Å². The van der Waals surface area contributed by atoms with E-state index in [0.717, 1.165) is 17.6 Å². The topological polar surface area (TPSA) is 18.5 Å². The summed E-state index contributed by atoms with van der Waals surface area (Å²) in [5.41, 5.74) is 1.78. The van der Waals surface area contributed by atoms with Gasteiger partial charge in [0.25, 0.3) is 0 Å².